The Morgan fingerprint density at radius 2 is 1.64 bits per heavy atom. The zero-order valence-corrected chi connectivity index (χ0v) is 26.1. The molecule has 2 spiro atoms. The van der Waals surface area contributed by atoms with Crippen LogP contribution in [0.5, 0.6) is 0 Å². The van der Waals surface area contributed by atoms with Crippen molar-refractivity contribution < 1.29 is 53.4 Å². The molecule has 1 aromatic rings. The van der Waals surface area contributed by atoms with E-state index in [9.17, 15) is 29.7 Å². The number of ketones is 1. The number of hydrogen-bond acceptors (Lipinski definition) is 11. The number of aliphatic hydroxyl groups excluding tert-OH is 2. The SMILES string of the molecule is CC(=O)OC1C(=O)C2(C)C(O)CC3(C)C4OCC4(OC(C)=O)C4C(OC(=O)c5ccccc5)C5(O)CC6(C)C(O)C(C)=C1C65C432. The molecule has 0 bridgehead atoms. The van der Waals surface area contributed by atoms with Crippen LogP contribution in [0.2, 0.25) is 0 Å². The summed E-state index contributed by atoms with van der Waals surface area (Å²) in [5.41, 5.74) is -9.43. The Morgan fingerprint density at radius 3 is 2.22 bits per heavy atom. The highest BCUT2D eigenvalue weighted by molar-refractivity contribution is 5.99. The number of carbonyl (C=O) groups is 4. The van der Waals surface area contributed by atoms with Crippen molar-refractivity contribution in [2.45, 2.75) is 96.1 Å². The average Bonchev–Trinajstić information content (AvgIpc) is 3.35. The maximum Gasteiger partial charge on any atom is 0.338 e. The number of benzene rings is 1. The number of fused-ring (bicyclic) bond motifs is 3. The molecule has 1 aromatic carbocycles. The third-order valence-corrected chi connectivity index (χ3v) is 13.7. The second kappa shape index (κ2) is 8.05. The van der Waals surface area contributed by atoms with Crippen LogP contribution < -0.4 is 0 Å². The van der Waals surface area contributed by atoms with Crippen molar-refractivity contribution in [3.63, 3.8) is 0 Å². The quantitative estimate of drug-likeness (QED) is 0.254. The van der Waals surface area contributed by atoms with E-state index in [1.54, 1.807) is 44.2 Å². The predicted molar refractivity (Wildman–Crippen MR) is 152 cm³/mol. The minimum atomic E-state index is -1.91. The zero-order chi connectivity index (χ0) is 32.5. The number of hydrogen-bond donors (Lipinski definition) is 3. The lowest BCUT2D eigenvalue weighted by atomic mass is 9.28. The van der Waals surface area contributed by atoms with Gasteiger partial charge in [0.2, 0.25) is 0 Å². The fourth-order valence-electron chi connectivity index (χ4n) is 13.2. The van der Waals surface area contributed by atoms with E-state index in [0.29, 0.717) is 5.57 Å². The molecule has 0 aromatic heterocycles. The van der Waals surface area contributed by atoms with Gasteiger partial charge in [-0.15, -0.1) is 0 Å². The fraction of sp³-hybridized carbons (Fsp3) is 0.647. The summed E-state index contributed by atoms with van der Waals surface area (Å²) in [6, 6.07) is 8.30. The minimum Gasteiger partial charge on any atom is -0.455 e. The van der Waals surface area contributed by atoms with Crippen molar-refractivity contribution >= 4 is 23.7 Å². The zero-order valence-electron chi connectivity index (χ0n) is 26.1. The number of carbonyl (C=O) groups excluding carboxylic acids is 4. The molecule has 8 rings (SSSR count). The minimum absolute atomic E-state index is 0.0297. The highest BCUT2D eigenvalue weighted by atomic mass is 16.6. The van der Waals surface area contributed by atoms with Crippen molar-refractivity contribution in [1.29, 1.82) is 0 Å². The summed E-state index contributed by atoms with van der Waals surface area (Å²) in [7, 11) is 0. The Morgan fingerprint density at radius 1 is 0.978 bits per heavy atom. The van der Waals surface area contributed by atoms with E-state index in [4.69, 9.17) is 18.9 Å². The van der Waals surface area contributed by atoms with Crippen LogP contribution in [0, 0.1) is 33.0 Å². The van der Waals surface area contributed by atoms with Gasteiger partial charge in [0, 0.05) is 35.5 Å². The maximum absolute atomic E-state index is 15.0. The molecule has 6 fully saturated rings. The molecule has 11 heteroatoms. The van der Waals surface area contributed by atoms with Gasteiger partial charge < -0.3 is 34.3 Å². The van der Waals surface area contributed by atoms with Crippen LogP contribution in [0.15, 0.2) is 41.5 Å². The molecule has 1 heterocycles. The van der Waals surface area contributed by atoms with Crippen LogP contribution in [0.4, 0.5) is 0 Å². The second-order valence-electron chi connectivity index (χ2n) is 15.2. The van der Waals surface area contributed by atoms with Crippen LogP contribution in [0.25, 0.3) is 0 Å². The van der Waals surface area contributed by atoms with Crippen molar-refractivity contribution in [3.05, 3.63) is 47.0 Å². The molecule has 0 radical (unpaired) electrons. The topological polar surface area (TPSA) is 166 Å². The molecule has 240 valence electrons. The van der Waals surface area contributed by atoms with E-state index >= 15 is 4.79 Å². The molecule has 13 atom stereocenters. The van der Waals surface area contributed by atoms with Gasteiger partial charge in [-0.2, -0.15) is 0 Å². The van der Waals surface area contributed by atoms with E-state index in [1.807, 2.05) is 13.8 Å². The van der Waals surface area contributed by atoms with E-state index in [2.05, 4.69) is 0 Å². The van der Waals surface area contributed by atoms with E-state index in [0.717, 1.165) is 0 Å². The number of rotatable bonds is 4. The molecule has 13 unspecified atom stereocenters. The lowest BCUT2D eigenvalue weighted by Gasteiger charge is -2.75. The van der Waals surface area contributed by atoms with Gasteiger partial charge in [-0.1, -0.05) is 32.0 Å². The first-order valence-electron chi connectivity index (χ1n) is 15.6. The molecule has 0 amide bonds. The Hall–Kier alpha value is -3.12. The normalized spacial score (nSPS) is 52.6. The van der Waals surface area contributed by atoms with Crippen LogP contribution in [0.3, 0.4) is 0 Å². The third-order valence-electron chi connectivity index (χ3n) is 13.7. The van der Waals surface area contributed by atoms with Crippen molar-refractivity contribution in [2.24, 2.45) is 33.0 Å². The van der Waals surface area contributed by atoms with Gasteiger partial charge in [-0.05, 0) is 50.0 Å². The summed E-state index contributed by atoms with van der Waals surface area (Å²) in [4.78, 5) is 54.3. The summed E-state index contributed by atoms with van der Waals surface area (Å²) >= 11 is 0. The van der Waals surface area contributed by atoms with Gasteiger partial charge in [0.15, 0.2) is 17.5 Å². The Labute approximate surface area is 259 Å². The average molecular weight is 623 g/mol. The molecule has 1 aliphatic heterocycles. The van der Waals surface area contributed by atoms with Gasteiger partial charge in [-0.25, -0.2) is 4.79 Å². The summed E-state index contributed by atoms with van der Waals surface area (Å²) in [6.07, 6.45) is -6.14. The first-order valence-corrected chi connectivity index (χ1v) is 15.6. The summed E-state index contributed by atoms with van der Waals surface area (Å²) in [5.74, 6) is -3.67. The van der Waals surface area contributed by atoms with E-state index < -0.39 is 98.4 Å². The fourth-order valence-corrected chi connectivity index (χ4v) is 13.2. The smallest absolute Gasteiger partial charge is 0.338 e. The van der Waals surface area contributed by atoms with Gasteiger partial charge in [0.25, 0.3) is 0 Å². The van der Waals surface area contributed by atoms with Gasteiger partial charge in [0.1, 0.15) is 17.8 Å². The van der Waals surface area contributed by atoms with Crippen molar-refractivity contribution in [2.75, 3.05) is 6.61 Å². The molecular weight excluding hydrogens is 584 g/mol. The summed E-state index contributed by atoms with van der Waals surface area (Å²) in [5, 5.41) is 37.5. The molecule has 7 aliphatic rings. The van der Waals surface area contributed by atoms with E-state index in [1.165, 1.54) is 13.8 Å². The maximum atomic E-state index is 15.0. The Kier molecular flexibility index (Phi) is 5.24. The van der Waals surface area contributed by atoms with Gasteiger partial charge >= 0.3 is 17.9 Å². The van der Waals surface area contributed by atoms with Crippen molar-refractivity contribution in [1.82, 2.24) is 0 Å². The highest BCUT2D eigenvalue weighted by Crippen LogP contribution is 2.98. The van der Waals surface area contributed by atoms with Crippen LogP contribution in [-0.2, 0) is 33.3 Å². The van der Waals surface area contributed by atoms with Crippen LogP contribution in [-0.4, -0.2) is 87.3 Å². The molecule has 6 aliphatic carbocycles. The first-order chi connectivity index (χ1) is 21.0. The van der Waals surface area contributed by atoms with Gasteiger partial charge in [0.05, 0.1) is 35.7 Å². The number of aliphatic hydroxyl groups is 3. The second-order valence-corrected chi connectivity index (χ2v) is 15.2. The lowest BCUT2D eigenvalue weighted by Crippen LogP contribution is -2.82. The first kappa shape index (κ1) is 29.3. The molecule has 1 saturated heterocycles. The monoisotopic (exact) mass is 622 g/mol. The largest absolute Gasteiger partial charge is 0.455 e. The highest BCUT2D eigenvalue weighted by Gasteiger charge is 3.06. The molecule has 45 heavy (non-hydrogen) atoms. The Balaban J connectivity index is 1.50. The summed E-state index contributed by atoms with van der Waals surface area (Å²) in [6.45, 7) is 9.40. The third kappa shape index (κ3) is 2.48. The van der Waals surface area contributed by atoms with Crippen LogP contribution in [0.1, 0.15) is 64.7 Å². The molecule has 3 N–H and O–H groups in total. The lowest BCUT2D eigenvalue weighted by molar-refractivity contribution is -0.334. The molecular formula is C34H38O11. The Bertz CT molecular complexity index is 1650. The predicted octanol–water partition coefficient (Wildman–Crippen LogP) is 1.65. The van der Waals surface area contributed by atoms with Crippen molar-refractivity contribution in [3.8, 4) is 0 Å². The summed E-state index contributed by atoms with van der Waals surface area (Å²) < 4.78 is 24.6. The number of esters is 3. The van der Waals surface area contributed by atoms with Gasteiger partial charge in [-0.3, -0.25) is 14.4 Å². The molecule has 5 saturated carbocycles. The standard InChI is InChI=1S/C34H38O11/c1-15-20-21(43-16(2)35)24(39)30(6)19(37)12-28(4)27-31(14-42-27,45-17(3)36)22-25(44-26(40)18-10-8-7-9-11-18)32(41)13-29(5,23(15)38)33(20,32)34(22,28)30/h7-11,19,21-23,25,27,37-38,41H,12-14H2,1-6H3. The number of Topliss-reactive ketones (excluding diaryl/α,β-unsaturated/α-hetero) is 1. The van der Waals surface area contributed by atoms with E-state index in [-0.39, 0.29) is 30.6 Å². The molecule has 11 nitrogen and oxygen atoms in total. The number of ether oxygens (including phenoxy) is 4. The van der Waals surface area contributed by atoms with Crippen LogP contribution >= 0.6 is 0 Å².